The molecule has 2 aromatic heterocycles. The SMILES string of the molecule is C[C@H](NC(=O)Cc1csc2nc(-c3ccc(F)cc3)cn12)c1ccc(F)cc1F. The third-order valence-electron chi connectivity index (χ3n) is 4.57. The first-order chi connectivity index (χ1) is 13.9. The van der Waals surface area contributed by atoms with Crippen LogP contribution in [-0.4, -0.2) is 15.3 Å². The summed E-state index contributed by atoms with van der Waals surface area (Å²) in [4.78, 5) is 17.7. The lowest BCUT2D eigenvalue weighted by molar-refractivity contribution is -0.121. The Morgan fingerprint density at radius 2 is 1.86 bits per heavy atom. The molecule has 0 saturated carbocycles. The van der Waals surface area contributed by atoms with Gasteiger partial charge in [-0.05, 0) is 37.3 Å². The van der Waals surface area contributed by atoms with Crippen LogP contribution in [0.15, 0.2) is 54.0 Å². The summed E-state index contributed by atoms with van der Waals surface area (Å²) < 4.78 is 41.9. The fourth-order valence-electron chi connectivity index (χ4n) is 3.10. The van der Waals surface area contributed by atoms with E-state index in [0.717, 1.165) is 23.4 Å². The number of thiazole rings is 1. The fraction of sp³-hybridized carbons (Fsp3) is 0.143. The van der Waals surface area contributed by atoms with Gasteiger partial charge in [0.25, 0.3) is 0 Å². The van der Waals surface area contributed by atoms with Crippen molar-refractivity contribution in [2.45, 2.75) is 19.4 Å². The predicted molar refractivity (Wildman–Crippen MR) is 105 cm³/mol. The molecule has 29 heavy (non-hydrogen) atoms. The highest BCUT2D eigenvalue weighted by Crippen LogP contribution is 2.24. The average Bonchev–Trinajstić information content (AvgIpc) is 3.24. The Labute approximate surface area is 168 Å². The number of benzene rings is 2. The topological polar surface area (TPSA) is 46.4 Å². The number of fused-ring (bicyclic) bond motifs is 1. The molecule has 1 amide bonds. The van der Waals surface area contributed by atoms with Crippen molar-refractivity contribution in [1.29, 1.82) is 0 Å². The third kappa shape index (κ3) is 4.02. The maximum Gasteiger partial charge on any atom is 0.226 e. The zero-order valence-electron chi connectivity index (χ0n) is 15.3. The number of amides is 1. The van der Waals surface area contributed by atoms with Crippen LogP contribution in [-0.2, 0) is 11.2 Å². The molecule has 2 heterocycles. The van der Waals surface area contributed by atoms with Crippen LogP contribution in [0.5, 0.6) is 0 Å². The van der Waals surface area contributed by atoms with E-state index in [4.69, 9.17) is 0 Å². The number of carbonyl (C=O) groups excluding carboxylic acids is 1. The van der Waals surface area contributed by atoms with Gasteiger partial charge in [-0.2, -0.15) is 0 Å². The van der Waals surface area contributed by atoms with E-state index >= 15 is 0 Å². The molecule has 0 radical (unpaired) electrons. The van der Waals surface area contributed by atoms with Gasteiger partial charge in [0.05, 0.1) is 18.2 Å². The smallest absolute Gasteiger partial charge is 0.226 e. The molecule has 0 aliphatic rings. The average molecular weight is 415 g/mol. The minimum Gasteiger partial charge on any atom is -0.349 e. The zero-order valence-corrected chi connectivity index (χ0v) is 16.1. The van der Waals surface area contributed by atoms with Gasteiger partial charge in [-0.3, -0.25) is 9.20 Å². The van der Waals surface area contributed by atoms with E-state index in [-0.39, 0.29) is 23.7 Å². The molecule has 4 nitrogen and oxygen atoms in total. The number of rotatable bonds is 5. The Kier molecular flexibility index (Phi) is 5.10. The number of carbonyl (C=O) groups is 1. The van der Waals surface area contributed by atoms with Gasteiger partial charge in [0.2, 0.25) is 5.91 Å². The molecule has 2 aromatic carbocycles. The minimum absolute atomic E-state index is 0.0758. The molecular formula is C21H16F3N3OS. The third-order valence-corrected chi connectivity index (χ3v) is 5.46. The van der Waals surface area contributed by atoms with Crippen LogP contribution in [0.1, 0.15) is 24.2 Å². The normalized spacial score (nSPS) is 12.3. The summed E-state index contributed by atoms with van der Waals surface area (Å²) in [6.45, 7) is 1.64. The van der Waals surface area contributed by atoms with Gasteiger partial charge >= 0.3 is 0 Å². The van der Waals surface area contributed by atoms with Crippen molar-refractivity contribution in [2.75, 3.05) is 0 Å². The molecule has 0 saturated heterocycles. The first-order valence-corrected chi connectivity index (χ1v) is 9.74. The van der Waals surface area contributed by atoms with Crippen LogP contribution in [0, 0.1) is 17.5 Å². The second-order valence-corrected chi connectivity index (χ2v) is 7.48. The van der Waals surface area contributed by atoms with Crippen molar-refractivity contribution in [3.63, 3.8) is 0 Å². The van der Waals surface area contributed by atoms with Crippen molar-refractivity contribution in [1.82, 2.24) is 14.7 Å². The second kappa shape index (κ2) is 7.71. The molecule has 1 atom stereocenters. The molecule has 1 N–H and O–H groups in total. The molecule has 0 unspecified atom stereocenters. The maximum absolute atomic E-state index is 13.9. The predicted octanol–water partition coefficient (Wildman–Crippen LogP) is 4.90. The Bertz CT molecular complexity index is 1180. The highest BCUT2D eigenvalue weighted by atomic mass is 32.1. The highest BCUT2D eigenvalue weighted by molar-refractivity contribution is 7.15. The van der Waals surface area contributed by atoms with Gasteiger partial charge in [-0.25, -0.2) is 18.2 Å². The van der Waals surface area contributed by atoms with Crippen molar-refractivity contribution < 1.29 is 18.0 Å². The number of nitrogens with one attached hydrogen (secondary N) is 1. The Morgan fingerprint density at radius 1 is 1.14 bits per heavy atom. The van der Waals surface area contributed by atoms with Crippen LogP contribution in [0.2, 0.25) is 0 Å². The van der Waals surface area contributed by atoms with Crippen LogP contribution in [0.4, 0.5) is 13.2 Å². The zero-order chi connectivity index (χ0) is 20.5. The van der Waals surface area contributed by atoms with Gasteiger partial charge < -0.3 is 5.32 Å². The highest BCUT2D eigenvalue weighted by Gasteiger charge is 2.17. The lowest BCUT2D eigenvalue weighted by atomic mass is 10.1. The number of hydrogen-bond acceptors (Lipinski definition) is 3. The van der Waals surface area contributed by atoms with Crippen molar-refractivity contribution in [2.24, 2.45) is 0 Å². The largest absolute Gasteiger partial charge is 0.349 e. The summed E-state index contributed by atoms with van der Waals surface area (Å²) in [5.41, 5.74) is 2.41. The molecule has 8 heteroatoms. The molecule has 0 aliphatic heterocycles. The second-order valence-electron chi connectivity index (χ2n) is 6.64. The van der Waals surface area contributed by atoms with Crippen molar-refractivity contribution in [3.8, 4) is 11.3 Å². The van der Waals surface area contributed by atoms with E-state index < -0.39 is 17.7 Å². The van der Waals surface area contributed by atoms with Crippen molar-refractivity contribution >= 4 is 22.2 Å². The lowest BCUT2D eigenvalue weighted by Crippen LogP contribution is -2.29. The van der Waals surface area contributed by atoms with E-state index in [1.54, 1.807) is 25.3 Å². The fourth-order valence-corrected chi connectivity index (χ4v) is 3.98. The molecule has 4 aromatic rings. The van der Waals surface area contributed by atoms with Gasteiger partial charge in [0.15, 0.2) is 4.96 Å². The number of imidazole rings is 1. The summed E-state index contributed by atoms with van der Waals surface area (Å²) in [6, 6.07) is 8.70. The first-order valence-electron chi connectivity index (χ1n) is 8.86. The summed E-state index contributed by atoms with van der Waals surface area (Å²) in [5.74, 6) is -1.98. The van der Waals surface area contributed by atoms with E-state index in [1.807, 2.05) is 9.78 Å². The van der Waals surface area contributed by atoms with Crippen LogP contribution in [0.25, 0.3) is 16.2 Å². The van der Waals surface area contributed by atoms with Gasteiger partial charge in [0.1, 0.15) is 17.5 Å². The number of hydrogen-bond donors (Lipinski definition) is 1. The summed E-state index contributed by atoms with van der Waals surface area (Å²) >= 11 is 1.39. The van der Waals surface area contributed by atoms with Gasteiger partial charge in [-0.15, -0.1) is 11.3 Å². The van der Waals surface area contributed by atoms with Gasteiger partial charge in [0, 0.05) is 34.5 Å². The summed E-state index contributed by atoms with van der Waals surface area (Å²) in [5, 5.41) is 4.56. The van der Waals surface area contributed by atoms with E-state index in [0.29, 0.717) is 10.7 Å². The van der Waals surface area contributed by atoms with E-state index in [1.165, 1.54) is 29.5 Å². The minimum atomic E-state index is -0.700. The number of halogens is 3. The van der Waals surface area contributed by atoms with Gasteiger partial charge in [-0.1, -0.05) is 6.07 Å². The molecule has 0 bridgehead atoms. The first kappa shape index (κ1) is 19.2. The Balaban J connectivity index is 1.50. The molecular weight excluding hydrogens is 399 g/mol. The summed E-state index contributed by atoms with van der Waals surface area (Å²) in [6.07, 6.45) is 1.87. The molecule has 0 fully saturated rings. The Morgan fingerprint density at radius 3 is 2.59 bits per heavy atom. The quantitative estimate of drug-likeness (QED) is 0.504. The van der Waals surface area contributed by atoms with Crippen LogP contribution in [0.3, 0.4) is 0 Å². The van der Waals surface area contributed by atoms with E-state index in [2.05, 4.69) is 10.3 Å². The molecule has 0 aliphatic carbocycles. The van der Waals surface area contributed by atoms with Crippen LogP contribution < -0.4 is 5.32 Å². The number of aromatic nitrogens is 2. The van der Waals surface area contributed by atoms with E-state index in [9.17, 15) is 18.0 Å². The monoisotopic (exact) mass is 415 g/mol. The van der Waals surface area contributed by atoms with Crippen molar-refractivity contribution in [3.05, 3.63) is 82.8 Å². The Hall–Kier alpha value is -3.13. The molecule has 148 valence electrons. The number of nitrogens with zero attached hydrogens (tertiary/aromatic N) is 2. The lowest BCUT2D eigenvalue weighted by Gasteiger charge is -2.15. The molecule has 0 spiro atoms. The summed E-state index contributed by atoms with van der Waals surface area (Å²) in [7, 11) is 0. The maximum atomic E-state index is 13.9. The van der Waals surface area contributed by atoms with Crippen LogP contribution >= 0.6 is 11.3 Å². The standard InChI is InChI=1S/C21H16F3N3OS/c1-12(17-7-6-15(23)8-18(17)24)25-20(28)9-16-11-29-21-26-19(10-27(16)21)13-2-4-14(22)5-3-13/h2-8,10-12H,9H2,1H3,(H,25,28)/t12-/m0/s1. The molecule has 4 rings (SSSR count).